The van der Waals surface area contributed by atoms with Crippen LogP contribution in [0, 0.1) is 55.7 Å². The first-order valence-corrected chi connectivity index (χ1v) is 19.1. The molecule has 2 N–H and O–H groups in total. The fourth-order valence-corrected chi connectivity index (χ4v) is 12.4. The van der Waals surface area contributed by atoms with E-state index < -0.39 is 32.7 Å². The molecule has 0 spiro atoms. The number of ketones is 2. The Morgan fingerprint density at radius 1 is 0.920 bits per heavy atom. The summed E-state index contributed by atoms with van der Waals surface area (Å²) in [6.45, 7) is 17.4. The van der Waals surface area contributed by atoms with Crippen molar-refractivity contribution in [1.82, 2.24) is 10.2 Å². The van der Waals surface area contributed by atoms with Gasteiger partial charge in [0.25, 0.3) is 0 Å². The number of nitrogens with one attached hydrogen (secondary N) is 1. The van der Waals surface area contributed by atoms with Gasteiger partial charge in [-0.3, -0.25) is 19.3 Å². The van der Waals surface area contributed by atoms with Gasteiger partial charge < -0.3 is 10.4 Å². The SMILES string of the molecule is CC1(C(=O)NC2CCN(Cc3ccccc3)CC2)CCC2(C)CCC3(C)C4(C)CCC5C(C)(C)C(=O)C(C#N)=CC5(C)C4=CC(=O)C3(O)C2C1. The number of Topliss-reactive ketones (excluding diaryl/α,β-unsaturated/α-hetero) is 1. The molecule has 1 aliphatic heterocycles. The lowest BCUT2D eigenvalue weighted by Gasteiger charge is -2.71. The highest BCUT2D eigenvalue weighted by atomic mass is 16.3. The van der Waals surface area contributed by atoms with Crippen LogP contribution >= 0.6 is 0 Å². The van der Waals surface area contributed by atoms with Crippen LogP contribution in [0.3, 0.4) is 0 Å². The molecule has 5 aliphatic carbocycles. The highest BCUT2D eigenvalue weighted by molar-refractivity contribution is 6.05. The van der Waals surface area contributed by atoms with Crippen LogP contribution in [0.5, 0.6) is 0 Å². The molecule has 3 saturated carbocycles. The molecule has 8 unspecified atom stereocenters. The molecule has 1 amide bonds. The van der Waals surface area contributed by atoms with E-state index in [0.29, 0.717) is 12.8 Å². The predicted molar refractivity (Wildman–Crippen MR) is 193 cm³/mol. The fourth-order valence-electron chi connectivity index (χ4n) is 12.4. The van der Waals surface area contributed by atoms with Gasteiger partial charge in [0.05, 0.1) is 5.57 Å². The van der Waals surface area contributed by atoms with Gasteiger partial charge in [0, 0.05) is 53.3 Å². The topological polar surface area (TPSA) is 111 Å². The Kier molecular flexibility index (Phi) is 8.10. The lowest BCUT2D eigenvalue weighted by atomic mass is 9.33. The second-order valence-corrected chi connectivity index (χ2v) is 18.9. The fraction of sp³-hybridized carbons (Fsp3) is 0.674. The summed E-state index contributed by atoms with van der Waals surface area (Å²) < 4.78 is 0. The Morgan fingerprint density at radius 2 is 1.58 bits per heavy atom. The number of piperidine rings is 1. The van der Waals surface area contributed by atoms with Crippen LogP contribution in [-0.4, -0.2) is 52.2 Å². The monoisotopic (exact) mass is 679 g/mol. The van der Waals surface area contributed by atoms with Crippen molar-refractivity contribution >= 4 is 17.5 Å². The molecule has 8 atom stereocenters. The standard InChI is InChI=1S/C43H57N3O4/c1-37(2)31-13-16-41(6)32(40(31,5)24-29(26-44)35(37)48)23-34(47)43(50)33-25-39(4,18-17-38(33,3)19-20-42(41,43)7)36(49)45-30-14-21-46(22-15-30)27-28-11-9-8-10-12-28/h8-12,23-24,30-31,33,50H,13-22,25,27H2,1-7H3,(H,45,49). The maximum atomic E-state index is 14.8. The number of nitriles is 1. The molecule has 7 nitrogen and oxygen atoms in total. The maximum absolute atomic E-state index is 14.8. The number of allylic oxidation sites excluding steroid dienone is 3. The number of rotatable bonds is 4. The van der Waals surface area contributed by atoms with Gasteiger partial charge in [-0.2, -0.15) is 5.26 Å². The van der Waals surface area contributed by atoms with Crippen molar-refractivity contribution in [2.45, 2.75) is 124 Å². The molecule has 6 aliphatic rings. The maximum Gasteiger partial charge on any atom is 0.226 e. The second kappa shape index (κ2) is 11.5. The minimum Gasteiger partial charge on any atom is -0.381 e. The molecular weight excluding hydrogens is 622 g/mol. The average molecular weight is 680 g/mol. The van der Waals surface area contributed by atoms with E-state index in [2.05, 4.69) is 75.2 Å². The van der Waals surface area contributed by atoms with Crippen LogP contribution in [-0.2, 0) is 20.9 Å². The summed E-state index contributed by atoms with van der Waals surface area (Å²) in [5, 5.41) is 26.7. The first-order chi connectivity index (χ1) is 23.4. The molecule has 7 rings (SSSR count). The third-order valence-electron chi connectivity index (χ3n) is 16.0. The summed E-state index contributed by atoms with van der Waals surface area (Å²) >= 11 is 0. The predicted octanol–water partition coefficient (Wildman–Crippen LogP) is 7.10. The molecule has 0 aromatic heterocycles. The lowest BCUT2D eigenvalue weighted by molar-refractivity contribution is -0.242. The lowest BCUT2D eigenvalue weighted by Crippen LogP contribution is -2.74. The molecule has 1 heterocycles. The van der Waals surface area contributed by atoms with Crippen LogP contribution in [0.1, 0.15) is 112 Å². The molecule has 0 radical (unpaired) electrons. The number of hydrogen-bond acceptors (Lipinski definition) is 6. The van der Waals surface area contributed by atoms with E-state index >= 15 is 0 Å². The van der Waals surface area contributed by atoms with Gasteiger partial charge in [0.2, 0.25) is 5.91 Å². The molecule has 1 saturated heterocycles. The zero-order valence-corrected chi connectivity index (χ0v) is 31.3. The minimum absolute atomic E-state index is 0.0535. The molecule has 7 heteroatoms. The Bertz CT molecular complexity index is 1720. The van der Waals surface area contributed by atoms with E-state index in [1.807, 2.05) is 26.0 Å². The Hall–Kier alpha value is -3.08. The third-order valence-corrected chi connectivity index (χ3v) is 16.0. The van der Waals surface area contributed by atoms with E-state index in [9.17, 15) is 24.8 Å². The molecule has 4 fully saturated rings. The molecule has 1 aromatic carbocycles. The van der Waals surface area contributed by atoms with Crippen LogP contribution in [0.25, 0.3) is 0 Å². The van der Waals surface area contributed by atoms with E-state index in [-0.39, 0.29) is 46.3 Å². The zero-order valence-electron chi connectivity index (χ0n) is 31.3. The van der Waals surface area contributed by atoms with Crippen molar-refractivity contribution in [1.29, 1.82) is 5.26 Å². The second-order valence-electron chi connectivity index (χ2n) is 18.9. The summed E-state index contributed by atoms with van der Waals surface area (Å²) in [7, 11) is 0. The number of nitrogens with zero attached hydrogens (tertiary/aromatic N) is 2. The number of carbonyl (C=O) groups is 3. The Balaban J connectivity index is 1.16. The number of fused-ring (bicyclic) bond motifs is 7. The first kappa shape index (κ1) is 35.3. The van der Waals surface area contributed by atoms with Crippen molar-refractivity contribution in [3.8, 4) is 6.07 Å². The quantitative estimate of drug-likeness (QED) is 0.351. The Labute approximate surface area is 299 Å². The van der Waals surface area contributed by atoms with Crippen LogP contribution in [0.4, 0.5) is 0 Å². The molecule has 268 valence electrons. The molecule has 50 heavy (non-hydrogen) atoms. The van der Waals surface area contributed by atoms with Crippen molar-refractivity contribution in [3.63, 3.8) is 0 Å². The zero-order chi connectivity index (χ0) is 36.1. The molecule has 1 aromatic rings. The normalized spacial score (nSPS) is 42.9. The van der Waals surface area contributed by atoms with Crippen molar-refractivity contribution < 1.29 is 19.5 Å². The van der Waals surface area contributed by atoms with Gasteiger partial charge in [-0.1, -0.05) is 84.9 Å². The van der Waals surface area contributed by atoms with E-state index in [4.69, 9.17) is 0 Å². The number of amides is 1. The highest BCUT2D eigenvalue weighted by Gasteiger charge is 2.75. The van der Waals surface area contributed by atoms with Gasteiger partial charge in [-0.05, 0) is 91.7 Å². The Morgan fingerprint density at radius 3 is 2.24 bits per heavy atom. The highest BCUT2D eigenvalue weighted by Crippen LogP contribution is 2.75. The van der Waals surface area contributed by atoms with Crippen LogP contribution in [0.2, 0.25) is 0 Å². The van der Waals surface area contributed by atoms with E-state index in [1.165, 1.54) is 5.56 Å². The summed E-state index contributed by atoms with van der Waals surface area (Å²) in [4.78, 5) is 44.9. The third kappa shape index (κ3) is 4.76. The number of likely N-dealkylation sites (tertiary alicyclic amines) is 1. The largest absolute Gasteiger partial charge is 0.381 e. The van der Waals surface area contributed by atoms with Crippen molar-refractivity contribution in [2.24, 2.45) is 44.3 Å². The molecule has 0 bridgehead atoms. The van der Waals surface area contributed by atoms with Crippen molar-refractivity contribution in [3.05, 3.63) is 59.2 Å². The van der Waals surface area contributed by atoms with Gasteiger partial charge in [-0.15, -0.1) is 0 Å². The molecular formula is C43H57N3O4. The van der Waals surface area contributed by atoms with Gasteiger partial charge >= 0.3 is 0 Å². The first-order valence-electron chi connectivity index (χ1n) is 19.1. The smallest absolute Gasteiger partial charge is 0.226 e. The number of hydrogen-bond donors (Lipinski definition) is 2. The van der Waals surface area contributed by atoms with Gasteiger partial charge in [0.1, 0.15) is 11.7 Å². The average Bonchev–Trinajstić information content (AvgIpc) is 3.08. The minimum atomic E-state index is -1.63. The summed E-state index contributed by atoms with van der Waals surface area (Å²) in [5.41, 5.74) is -2.84. The number of aliphatic hydroxyl groups is 1. The van der Waals surface area contributed by atoms with E-state index in [0.717, 1.165) is 70.2 Å². The van der Waals surface area contributed by atoms with E-state index in [1.54, 1.807) is 6.08 Å². The number of carbonyl (C=O) groups excluding carboxylic acids is 3. The van der Waals surface area contributed by atoms with Crippen LogP contribution in [0.15, 0.2) is 53.6 Å². The number of benzene rings is 1. The van der Waals surface area contributed by atoms with Crippen LogP contribution < -0.4 is 5.32 Å². The summed E-state index contributed by atoms with van der Waals surface area (Å²) in [6, 6.07) is 12.8. The van der Waals surface area contributed by atoms with Crippen molar-refractivity contribution in [2.75, 3.05) is 13.1 Å². The van der Waals surface area contributed by atoms with Gasteiger partial charge in [0.15, 0.2) is 11.6 Å². The van der Waals surface area contributed by atoms with Gasteiger partial charge in [-0.25, -0.2) is 0 Å². The summed E-state index contributed by atoms with van der Waals surface area (Å²) in [5.74, 6) is -0.751. The summed E-state index contributed by atoms with van der Waals surface area (Å²) in [6.07, 6.45) is 10.5.